The highest BCUT2D eigenvalue weighted by Gasteiger charge is 2.27. The molecule has 0 bridgehead atoms. The molecular formula is C15H23ClN2O4S. The molecule has 1 aromatic rings. The van der Waals surface area contributed by atoms with Crippen LogP contribution in [0, 0.1) is 5.92 Å². The number of benzene rings is 1. The largest absolute Gasteiger partial charge is 0.465 e. The normalized spacial score (nSPS) is 13.4. The van der Waals surface area contributed by atoms with Crippen LogP contribution in [0.4, 0.5) is 0 Å². The summed E-state index contributed by atoms with van der Waals surface area (Å²) in [6, 6.07) is 3.94. The number of methoxy groups -OCH3 is 1. The fourth-order valence-electron chi connectivity index (χ4n) is 1.94. The Morgan fingerprint density at radius 2 is 2.00 bits per heavy atom. The molecule has 0 heterocycles. The number of rotatable bonds is 7. The Kier molecular flexibility index (Phi) is 7.01. The minimum Gasteiger partial charge on any atom is -0.465 e. The van der Waals surface area contributed by atoms with Gasteiger partial charge in [-0.25, -0.2) is 17.5 Å². The zero-order valence-electron chi connectivity index (χ0n) is 13.7. The lowest BCUT2D eigenvalue weighted by molar-refractivity contribution is 0.0596. The first kappa shape index (κ1) is 19.9. The van der Waals surface area contributed by atoms with Crippen LogP contribution in [-0.4, -0.2) is 45.4 Å². The Morgan fingerprint density at radius 1 is 1.39 bits per heavy atom. The molecule has 1 unspecified atom stereocenters. The zero-order chi connectivity index (χ0) is 17.8. The molecule has 0 aliphatic heterocycles. The molecule has 23 heavy (non-hydrogen) atoms. The van der Waals surface area contributed by atoms with Crippen molar-refractivity contribution in [3.63, 3.8) is 0 Å². The highest BCUT2D eigenvalue weighted by Crippen LogP contribution is 2.24. The zero-order valence-corrected chi connectivity index (χ0v) is 15.3. The van der Waals surface area contributed by atoms with E-state index < -0.39 is 16.0 Å². The number of nitrogens with zero attached hydrogens (tertiary/aromatic N) is 1. The summed E-state index contributed by atoms with van der Waals surface area (Å²) in [5, 5.41) is 0.225. The van der Waals surface area contributed by atoms with Crippen molar-refractivity contribution in [1.29, 1.82) is 0 Å². The number of halogens is 1. The molecule has 0 aliphatic rings. The molecule has 1 rings (SSSR count). The summed E-state index contributed by atoms with van der Waals surface area (Å²) in [4.78, 5) is 11.6. The van der Waals surface area contributed by atoms with Gasteiger partial charge in [0.15, 0.2) is 0 Å². The molecule has 1 aromatic carbocycles. The monoisotopic (exact) mass is 362 g/mol. The smallest absolute Gasteiger partial charge is 0.339 e. The molecule has 2 N–H and O–H groups in total. The van der Waals surface area contributed by atoms with E-state index in [-0.39, 0.29) is 34.0 Å². The van der Waals surface area contributed by atoms with E-state index in [2.05, 4.69) is 4.74 Å². The first-order valence-corrected chi connectivity index (χ1v) is 9.02. The lowest BCUT2D eigenvalue weighted by Gasteiger charge is -2.22. The Labute approximate surface area is 142 Å². The van der Waals surface area contributed by atoms with Crippen LogP contribution in [0.15, 0.2) is 23.1 Å². The van der Waals surface area contributed by atoms with Crippen molar-refractivity contribution in [2.75, 3.05) is 20.7 Å². The van der Waals surface area contributed by atoms with Gasteiger partial charge in [0.1, 0.15) is 0 Å². The fraction of sp³-hybridized carbons (Fsp3) is 0.533. The summed E-state index contributed by atoms with van der Waals surface area (Å²) in [5.74, 6) is -0.476. The van der Waals surface area contributed by atoms with Crippen LogP contribution in [0.2, 0.25) is 5.02 Å². The van der Waals surface area contributed by atoms with Crippen molar-refractivity contribution in [2.24, 2.45) is 11.7 Å². The van der Waals surface area contributed by atoms with E-state index in [4.69, 9.17) is 17.3 Å². The van der Waals surface area contributed by atoms with E-state index in [0.717, 1.165) is 0 Å². The fourth-order valence-corrected chi connectivity index (χ4v) is 3.56. The molecule has 0 saturated heterocycles. The van der Waals surface area contributed by atoms with E-state index in [9.17, 15) is 13.2 Å². The number of carbonyl (C=O) groups is 1. The van der Waals surface area contributed by atoms with Crippen LogP contribution in [0.3, 0.4) is 0 Å². The molecule has 8 heteroatoms. The van der Waals surface area contributed by atoms with E-state index in [0.29, 0.717) is 6.42 Å². The van der Waals surface area contributed by atoms with Crippen LogP contribution in [-0.2, 0) is 14.8 Å². The van der Waals surface area contributed by atoms with Crippen molar-refractivity contribution in [2.45, 2.75) is 31.2 Å². The second-order valence-corrected chi connectivity index (χ2v) is 8.10. The second-order valence-electron chi connectivity index (χ2n) is 5.66. The number of ether oxygens (including phenoxy) is 1. The van der Waals surface area contributed by atoms with Gasteiger partial charge in [0.2, 0.25) is 10.0 Å². The molecule has 0 spiro atoms. The van der Waals surface area contributed by atoms with Crippen molar-refractivity contribution >= 4 is 27.6 Å². The van der Waals surface area contributed by atoms with Gasteiger partial charge in [0.25, 0.3) is 0 Å². The van der Waals surface area contributed by atoms with Gasteiger partial charge >= 0.3 is 5.97 Å². The average molecular weight is 363 g/mol. The van der Waals surface area contributed by atoms with Crippen molar-refractivity contribution in [3.05, 3.63) is 28.8 Å². The predicted molar refractivity (Wildman–Crippen MR) is 90.0 cm³/mol. The lowest BCUT2D eigenvalue weighted by Crippen LogP contribution is -2.35. The SMILES string of the molecule is COC(=O)c1ccc(Cl)cc1S(=O)(=O)N(C)CCC(N)C(C)C. The summed E-state index contributed by atoms with van der Waals surface area (Å²) in [6.45, 7) is 4.20. The van der Waals surface area contributed by atoms with Gasteiger partial charge in [-0.1, -0.05) is 25.4 Å². The number of esters is 1. The third-order valence-corrected chi connectivity index (χ3v) is 5.80. The van der Waals surface area contributed by atoms with Crippen molar-refractivity contribution < 1.29 is 17.9 Å². The molecule has 0 aromatic heterocycles. The summed E-state index contributed by atoms with van der Waals surface area (Å²) >= 11 is 5.89. The molecule has 6 nitrogen and oxygen atoms in total. The van der Waals surface area contributed by atoms with Crippen LogP contribution in [0.25, 0.3) is 0 Å². The summed E-state index contributed by atoms with van der Waals surface area (Å²) in [6.07, 6.45) is 0.515. The van der Waals surface area contributed by atoms with Gasteiger partial charge in [0.05, 0.1) is 17.6 Å². The van der Waals surface area contributed by atoms with Crippen LogP contribution >= 0.6 is 11.6 Å². The lowest BCUT2D eigenvalue weighted by atomic mass is 10.0. The number of nitrogens with two attached hydrogens (primary N) is 1. The standard InChI is InChI=1S/C15H23ClN2O4S/c1-10(2)13(17)7-8-18(3)23(20,21)14-9-11(16)5-6-12(14)15(19)22-4/h5-6,9-10,13H,7-8,17H2,1-4H3. The Morgan fingerprint density at radius 3 is 2.52 bits per heavy atom. The van der Waals surface area contributed by atoms with Gasteiger partial charge in [-0.15, -0.1) is 0 Å². The molecule has 0 aliphatic carbocycles. The van der Waals surface area contributed by atoms with Gasteiger partial charge in [-0.05, 0) is 30.5 Å². The molecular weight excluding hydrogens is 340 g/mol. The van der Waals surface area contributed by atoms with Gasteiger partial charge in [0, 0.05) is 24.7 Å². The number of hydrogen-bond donors (Lipinski definition) is 1. The maximum Gasteiger partial charge on any atom is 0.339 e. The van der Waals surface area contributed by atoms with Crippen LogP contribution < -0.4 is 5.73 Å². The third kappa shape index (κ3) is 4.91. The molecule has 0 radical (unpaired) electrons. The summed E-state index contributed by atoms with van der Waals surface area (Å²) in [5.41, 5.74) is 5.91. The maximum absolute atomic E-state index is 12.7. The Hall–Kier alpha value is -1.15. The molecule has 0 fully saturated rings. The highest BCUT2D eigenvalue weighted by molar-refractivity contribution is 7.89. The highest BCUT2D eigenvalue weighted by atomic mass is 35.5. The number of hydrogen-bond acceptors (Lipinski definition) is 5. The second kappa shape index (κ2) is 8.10. The number of sulfonamides is 1. The Balaban J connectivity index is 3.12. The minimum absolute atomic E-state index is 0.0445. The molecule has 0 saturated carbocycles. The topological polar surface area (TPSA) is 89.7 Å². The summed E-state index contributed by atoms with van der Waals surface area (Å²) < 4.78 is 31.3. The summed E-state index contributed by atoms with van der Waals surface area (Å²) in [7, 11) is -1.23. The quantitative estimate of drug-likeness (QED) is 0.750. The van der Waals surface area contributed by atoms with Gasteiger partial charge in [-0.2, -0.15) is 0 Å². The molecule has 1 atom stereocenters. The van der Waals surface area contributed by atoms with E-state index >= 15 is 0 Å². The average Bonchev–Trinajstić information content (AvgIpc) is 2.50. The van der Waals surface area contributed by atoms with E-state index in [1.165, 1.54) is 36.7 Å². The third-order valence-electron chi connectivity index (χ3n) is 3.67. The van der Waals surface area contributed by atoms with Crippen molar-refractivity contribution in [3.8, 4) is 0 Å². The van der Waals surface area contributed by atoms with E-state index in [1.807, 2.05) is 13.8 Å². The van der Waals surface area contributed by atoms with Crippen LogP contribution in [0.1, 0.15) is 30.6 Å². The number of carbonyl (C=O) groups excluding carboxylic acids is 1. The van der Waals surface area contributed by atoms with Crippen LogP contribution in [0.5, 0.6) is 0 Å². The molecule has 130 valence electrons. The van der Waals surface area contributed by atoms with Gasteiger partial charge in [-0.3, -0.25) is 0 Å². The first-order valence-electron chi connectivity index (χ1n) is 7.21. The van der Waals surface area contributed by atoms with E-state index in [1.54, 1.807) is 0 Å². The Bertz CT molecular complexity index is 661. The first-order chi connectivity index (χ1) is 10.6. The predicted octanol–water partition coefficient (Wildman–Crippen LogP) is 2.12. The van der Waals surface area contributed by atoms with Crippen molar-refractivity contribution in [1.82, 2.24) is 4.31 Å². The van der Waals surface area contributed by atoms with Gasteiger partial charge < -0.3 is 10.5 Å². The maximum atomic E-state index is 12.7. The minimum atomic E-state index is -3.88. The molecule has 0 amide bonds.